The molecule has 0 atom stereocenters. The van der Waals surface area contributed by atoms with Gasteiger partial charge in [0.25, 0.3) is 0 Å². The molecule has 0 saturated carbocycles. The summed E-state index contributed by atoms with van der Waals surface area (Å²) < 4.78 is 5.87. The zero-order chi connectivity index (χ0) is 14.7. The minimum Gasteiger partial charge on any atom is -0.504 e. The monoisotopic (exact) mass is 375 g/mol. The van der Waals surface area contributed by atoms with Gasteiger partial charge in [-0.1, -0.05) is 51.3 Å². The molecule has 3 nitrogen and oxygen atoms in total. The summed E-state index contributed by atoms with van der Waals surface area (Å²) in [7, 11) is 1.51. The number of anilines is 1. The SMILES string of the molecule is COc1cccc(CNc2c(Cl)cc(Br)cc2Cl)c1O. The summed E-state index contributed by atoms with van der Waals surface area (Å²) in [5.41, 5.74) is 1.32. The van der Waals surface area contributed by atoms with Crippen LogP contribution in [0, 0.1) is 0 Å². The van der Waals surface area contributed by atoms with E-state index in [2.05, 4.69) is 21.2 Å². The molecule has 20 heavy (non-hydrogen) atoms. The van der Waals surface area contributed by atoms with Gasteiger partial charge in [0.1, 0.15) is 0 Å². The summed E-state index contributed by atoms with van der Waals surface area (Å²) in [6, 6.07) is 8.80. The van der Waals surface area contributed by atoms with Crippen LogP contribution in [0.25, 0.3) is 0 Å². The number of methoxy groups -OCH3 is 1. The Morgan fingerprint density at radius 2 is 1.90 bits per heavy atom. The van der Waals surface area contributed by atoms with E-state index in [-0.39, 0.29) is 5.75 Å². The molecule has 0 fully saturated rings. The number of phenols is 1. The molecule has 0 saturated heterocycles. The van der Waals surface area contributed by atoms with Crippen LogP contribution < -0.4 is 10.1 Å². The number of hydrogen-bond donors (Lipinski definition) is 2. The Morgan fingerprint density at radius 3 is 2.50 bits per heavy atom. The molecule has 6 heteroatoms. The third-order valence-electron chi connectivity index (χ3n) is 2.76. The molecule has 0 aliphatic heterocycles. The zero-order valence-electron chi connectivity index (χ0n) is 10.6. The highest BCUT2D eigenvalue weighted by atomic mass is 79.9. The van der Waals surface area contributed by atoms with Crippen molar-refractivity contribution in [3.05, 3.63) is 50.4 Å². The van der Waals surface area contributed by atoms with E-state index in [4.69, 9.17) is 27.9 Å². The van der Waals surface area contributed by atoms with E-state index in [9.17, 15) is 5.11 Å². The zero-order valence-corrected chi connectivity index (χ0v) is 13.7. The molecule has 106 valence electrons. The van der Waals surface area contributed by atoms with Crippen molar-refractivity contribution in [3.8, 4) is 11.5 Å². The second kappa shape index (κ2) is 6.57. The van der Waals surface area contributed by atoms with Gasteiger partial charge < -0.3 is 15.2 Å². The van der Waals surface area contributed by atoms with Crippen molar-refractivity contribution < 1.29 is 9.84 Å². The van der Waals surface area contributed by atoms with Crippen LogP contribution in [0.15, 0.2) is 34.8 Å². The van der Waals surface area contributed by atoms with Crippen LogP contribution in [-0.4, -0.2) is 12.2 Å². The Hall–Kier alpha value is -1.10. The fraction of sp³-hybridized carbons (Fsp3) is 0.143. The van der Waals surface area contributed by atoms with Gasteiger partial charge in [0, 0.05) is 16.6 Å². The Morgan fingerprint density at radius 1 is 1.25 bits per heavy atom. The Kier molecular flexibility index (Phi) is 5.02. The van der Waals surface area contributed by atoms with Crippen molar-refractivity contribution in [3.63, 3.8) is 0 Å². The maximum absolute atomic E-state index is 10.0. The quantitative estimate of drug-likeness (QED) is 0.781. The lowest BCUT2D eigenvalue weighted by molar-refractivity contribution is 0.371. The molecule has 0 aliphatic carbocycles. The van der Waals surface area contributed by atoms with Crippen molar-refractivity contribution in [2.75, 3.05) is 12.4 Å². The number of para-hydroxylation sites is 1. The van der Waals surface area contributed by atoms with Crippen molar-refractivity contribution in [2.45, 2.75) is 6.54 Å². The molecule has 2 aromatic carbocycles. The number of phenolic OH excluding ortho intramolecular Hbond substituents is 1. The predicted molar refractivity (Wildman–Crippen MR) is 86.1 cm³/mol. The summed E-state index contributed by atoms with van der Waals surface area (Å²) >= 11 is 15.6. The number of halogens is 3. The first kappa shape index (κ1) is 15.3. The van der Waals surface area contributed by atoms with E-state index in [0.29, 0.717) is 33.6 Å². The first-order valence-corrected chi connectivity index (χ1v) is 7.31. The molecule has 0 heterocycles. The first-order chi connectivity index (χ1) is 9.52. The molecular formula is C14H12BrCl2NO2. The molecule has 0 aliphatic rings. The highest BCUT2D eigenvalue weighted by molar-refractivity contribution is 9.10. The maximum Gasteiger partial charge on any atom is 0.162 e. The van der Waals surface area contributed by atoms with Crippen LogP contribution in [-0.2, 0) is 6.54 Å². The van der Waals surface area contributed by atoms with Gasteiger partial charge in [0.15, 0.2) is 11.5 Å². The fourth-order valence-electron chi connectivity index (χ4n) is 1.77. The Balaban J connectivity index is 2.21. The molecule has 0 amide bonds. The highest BCUT2D eigenvalue weighted by Crippen LogP contribution is 2.35. The second-order valence-electron chi connectivity index (χ2n) is 4.07. The number of rotatable bonds is 4. The minimum absolute atomic E-state index is 0.104. The van der Waals surface area contributed by atoms with Crippen LogP contribution in [0.5, 0.6) is 11.5 Å². The molecular weight excluding hydrogens is 365 g/mol. The summed E-state index contributed by atoms with van der Waals surface area (Å²) in [4.78, 5) is 0. The summed E-state index contributed by atoms with van der Waals surface area (Å²) in [5, 5.41) is 14.1. The maximum atomic E-state index is 10.0. The van der Waals surface area contributed by atoms with Crippen LogP contribution >= 0.6 is 39.1 Å². The third-order valence-corrected chi connectivity index (χ3v) is 3.82. The summed E-state index contributed by atoms with van der Waals surface area (Å²) in [5.74, 6) is 0.532. The van der Waals surface area contributed by atoms with Gasteiger partial charge in [-0.2, -0.15) is 0 Å². The molecule has 0 radical (unpaired) electrons. The summed E-state index contributed by atoms with van der Waals surface area (Å²) in [6.45, 7) is 0.379. The Bertz CT molecular complexity index is 612. The second-order valence-corrected chi connectivity index (χ2v) is 5.80. The lowest BCUT2D eigenvalue weighted by Crippen LogP contribution is -2.01. The normalized spacial score (nSPS) is 10.4. The van der Waals surface area contributed by atoms with Gasteiger partial charge >= 0.3 is 0 Å². The Labute approximate surface area is 135 Å². The predicted octanol–water partition coefficient (Wildman–Crippen LogP) is 5.08. The average molecular weight is 377 g/mol. The molecule has 0 aromatic heterocycles. The number of benzene rings is 2. The first-order valence-electron chi connectivity index (χ1n) is 5.76. The van der Waals surface area contributed by atoms with E-state index >= 15 is 0 Å². The van der Waals surface area contributed by atoms with Crippen LogP contribution in [0.1, 0.15) is 5.56 Å². The molecule has 0 bridgehead atoms. The van der Waals surface area contributed by atoms with E-state index in [0.717, 1.165) is 4.47 Å². The van der Waals surface area contributed by atoms with Crippen molar-refractivity contribution in [1.82, 2.24) is 0 Å². The van der Waals surface area contributed by atoms with Gasteiger partial charge in [-0.05, 0) is 18.2 Å². The van der Waals surface area contributed by atoms with Gasteiger partial charge in [-0.15, -0.1) is 0 Å². The van der Waals surface area contributed by atoms with Gasteiger partial charge in [0.2, 0.25) is 0 Å². The van der Waals surface area contributed by atoms with Crippen molar-refractivity contribution in [1.29, 1.82) is 0 Å². The van der Waals surface area contributed by atoms with Crippen molar-refractivity contribution in [2.24, 2.45) is 0 Å². The van der Waals surface area contributed by atoms with Gasteiger partial charge in [-0.3, -0.25) is 0 Å². The molecule has 2 rings (SSSR count). The number of hydrogen-bond acceptors (Lipinski definition) is 3. The summed E-state index contributed by atoms with van der Waals surface area (Å²) in [6.07, 6.45) is 0. The van der Waals surface area contributed by atoms with Crippen molar-refractivity contribution >= 4 is 44.8 Å². The number of nitrogens with one attached hydrogen (secondary N) is 1. The topological polar surface area (TPSA) is 41.5 Å². The minimum atomic E-state index is 0.104. The van der Waals surface area contributed by atoms with Crippen LogP contribution in [0.2, 0.25) is 10.0 Å². The molecule has 0 unspecified atom stereocenters. The standard InChI is InChI=1S/C14H12BrCl2NO2/c1-20-12-4-2-3-8(14(12)19)7-18-13-10(16)5-9(15)6-11(13)17/h2-6,18-19H,7H2,1H3. The molecule has 2 N–H and O–H groups in total. The lowest BCUT2D eigenvalue weighted by Gasteiger charge is -2.13. The average Bonchev–Trinajstić information content (AvgIpc) is 2.39. The molecule has 2 aromatic rings. The third kappa shape index (κ3) is 3.32. The van der Waals surface area contributed by atoms with E-state index in [1.54, 1.807) is 30.3 Å². The largest absolute Gasteiger partial charge is 0.504 e. The van der Waals surface area contributed by atoms with Crippen LogP contribution in [0.3, 0.4) is 0 Å². The molecule has 0 spiro atoms. The van der Waals surface area contributed by atoms with Gasteiger partial charge in [0.05, 0.1) is 22.8 Å². The van der Waals surface area contributed by atoms with Gasteiger partial charge in [-0.25, -0.2) is 0 Å². The van der Waals surface area contributed by atoms with E-state index < -0.39 is 0 Å². The smallest absolute Gasteiger partial charge is 0.162 e. The number of ether oxygens (including phenoxy) is 1. The number of aromatic hydroxyl groups is 1. The van der Waals surface area contributed by atoms with E-state index in [1.165, 1.54) is 7.11 Å². The fourth-order valence-corrected chi connectivity index (χ4v) is 3.11. The van der Waals surface area contributed by atoms with E-state index in [1.807, 2.05) is 0 Å². The van der Waals surface area contributed by atoms with Crippen LogP contribution in [0.4, 0.5) is 5.69 Å². The highest BCUT2D eigenvalue weighted by Gasteiger charge is 2.10. The lowest BCUT2D eigenvalue weighted by atomic mass is 10.2.